The predicted octanol–water partition coefficient (Wildman–Crippen LogP) is 4.74. The number of aliphatic hydroxyl groups is 2. The van der Waals surface area contributed by atoms with Gasteiger partial charge in [-0.2, -0.15) is 0 Å². The first-order valence-electron chi connectivity index (χ1n) is 18.0. The average molecular weight is 779 g/mol. The largest absolute Gasteiger partial charge is 0.507 e. The molecule has 3 aliphatic rings. The summed E-state index contributed by atoms with van der Waals surface area (Å²) < 4.78 is 23.4. The number of esters is 1. The van der Waals surface area contributed by atoms with Gasteiger partial charge in [0.1, 0.15) is 23.4 Å². The minimum absolute atomic E-state index is 0.0142. The molecule has 302 valence electrons. The van der Waals surface area contributed by atoms with Crippen LogP contribution in [0.5, 0.6) is 23.0 Å². The molecule has 5 bridgehead atoms. The first-order valence-corrected chi connectivity index (χ1v) is 18.0. The van der Waals surface area contributed by atoms with E-state index in [0.29, 0.717) is 0 Å². The van der Waals surface area contributed by atoms with Crippen LogP contribution in [0.4, 0.5) is 5.69 Å². The third kappa shape index (κ3) is 8.32. The second-order valence-electron chi connectivity index (χ2n) is 14.3. The maximum Gasteiger partial charge on any atom is 0.312 e. The Labute approximate surface area is 325 Å². The van der Waals surface area contributed by atoms with Crippen LogP contribution in [-0.4, -0.2) is 93.3 Å². The highest BCUT2D eigenvalue weighted by Crippen LogP contribution is 2.55. The quantitative estimate of drug-likeness (QED) is 0.0460. The van der Waals surface area contributed by atoms with E-state index in [4.69, 9.17) is 30.2 Å². The lowest BCUT2D eigenvalue weighted by atomic mass is 9.78. The lowest BCUT2D eigenvalue weighted by molar-refractivity contribution is -0.160. The molecular formula is C41H50N2O13. The zero-order valence-electron chi connectivity index (χ0n) is 32.8. The Bertz CT molecular complexity index is 2030. The van der Waals surface area contributed by atoms with E-state index in [0.717, 1.165) is 6.21 Å². The Morgan fingerprint density at radius 2 is 1.70 bits per heavy atom. The van der Waals surface area contributed by atoms with Crippen LogP contribution in [0.3, 0.4) is 0 Å². The number of allylic oxidation sites excluding steroid dienone is 2. The van der Waals surface area contributed by atoms with Crippen molar-refractivity contribution >= 4 is 40.3 Å². The number of methoxy groups -OCH3 is 1. The molecule has 0 aliphatic carbocycles. The van der Waals surface area contributed by atoms with E-state index >= 15 is 0 Å². The number of phenolic OH excluding ortho intramolecular Hbond substituents is 3. The van der Waals surface area contributed by atoms with E-state index in [9.17, 15) is 39.9 Å². The Kier molecular flexibility index (Phi) is 13.5. The van der Waals surface area contributed by atoms with Gasteiger partial charge in [0, 0.05) is 61.2 Å². The van der Waals surface area contributed by atoms with Gasteiger partial charge in [-0.05, 0) is 19.9 Å². The molecule has 0 radical (unpaired) electrons. The molecule has 2 aromatic carbocycles. The third-order valence-corrected chi connectivity index (χ3v) is 10.4. The van der Waals surface area contributed by atoms with Gasteiger partial charge in [0.25, 0.3) is 11.7 Å². The van der Waals surface area contributed by atoms with E-state index in [1.165, 1.54) is 53.2 Å². The highest BCUT2D eigenvalue weighted by molar-refractivity contribution is 6.23. The molecule has 9 atom stereocenters. The highest BCUT2D eigenvalue weighted by Gasteiger charge is 2.50. The van der Waals surface area contributed by atoms with Gasteiger partial charge >= 0.3 is 11.8 Å². The first-order chi connectivity index (χ1) is 26.3. The van der Waals surface area contributed by atoms with Crippen molar-refractivity contribution in [3.8, 4) is 35.3 Å². The van der Waals surface area contributed by atoms with Gasteiger partial charge in [0.05, 0.1) is 53.0 Å². The Morgan fingerprint density at radius 3 is 2.32 bits per heavy atom. The molecule has 3 heterocycles. The number of aliphatic hydroxyl groups excluding tert-OH is 2. The lowest BCUT2D eigenvalue weighted by Crippen LogP contribution is -2.46. The molecule has 0 fully saturated rings. The average Bonchev–Trinajstić information content (AvgIpc) is 3.42. The number of rotatable bonds is 5. The summed E-state index contributed by atoms with van der Waals surface area (Å²) in [5.41, 5.74) is -0.792. The SMILES string of the molecule is C#CCO/N=C/c1c2c(O)c3c(O)c(C)c4c(c3c1O)C(=O)[C@@](C)(O/C=C/[C@H](OC)[C@@H](C)[C@@H](OC(C)=O)[C@H](C)[C@H](O)[C@H](C)[C@@H](O)[C@H](C)/C=C/C=C(/C)C(=O)N2)O4. The van der Waals surface area contributed by atoms with Gasteiger partial charge in [0.15, 0.2) is 12.4 Å². The maximum atomic E-state index is 14.3. The summed E-state index contributed by atoms with van der Waals surface area (Å²) in [6, 6.07) is 0. The third-order valence-electron chi connectivity index (χ3n) is 10.4. The van der Waals surface area contributed by atoms with Crippen molar-refractivity contribution < 1.29 is 63.7 Å². The van der Waals surface area contributed by atoms with E-state index in [1.807, 2.05) is 0 Å². The zero-order chi connectivity index (χ0) is 41.8. The van der Waals surface area contributed by atoms with E-state index in [-0.39, 0.29) is 51.1 Å². The molecule has 6 N–H and O–H groups in total. The molecule has 56 heavy (non-hydrogen) atoms. The maximum absolute atomic E-state index is 14.3. The van der Waals surface area contributed by atoms with E-state index < -0.39 is 88.8 Å². The number of aromatic hydroxyl groups is 3. The molecule has 0 aromatic heterocycles. The fraction of sp³-hybridized carbons (Fsp3) is 0.463. The molecule has 0 saturated heterocycles. The molecule has 0 spiro atoms. The molecular weight excluding hydrogens is 728 g/mol. The number of ketones is 1. The van der Waals surface area contributed by atoms with Gasteiger partial charge in [0.2, 0.25) is 0 Å². The predicted molar refractivity (Wildman–Crippen MR) is 206 cm³/mol. The fourth-order valence-corrected chi connectivity index (χ4v) is 7.04. The van der Waals surface area contributed by atoms with Crippen molar-refractivity contribution in [1.29, 1.82) is 0 Å². The second kappa shape index (κ2) is 17.5. The van der Waals surface area contributed by atoms with Crippen molar-refractivity contribution in [1.82, 2.24) is 0 Å². The summed E-state index contributed by atoms with van der Waals surface area (Å²) in [7, 11) is 1.42. The summed E-state index contributed by atoms with van der Waals surface area (Å²) in [5, 5.41) is 63.2. The van der Waals surface area contributed by atoms with Gasteiger partial charge in [-0.1, -0.05) is 57.0 Å². The standard InChI is InChI=1S/C41H50N2O13/c1-11-16-54-42-18-26-31-36(49)29-28(35(26)48)30-38(24(7)34(29)47)56-41(9,39(30)50)53-17-15-27(52-10)21(4)37(55-25(8)44)23(6)33(46)22(5)32(45)19(2)13-12-14-20(3)40(51)43-31/h1,12-15,17-19,21-23,27,32-33,37,45-49H,16H2,2-10H3,(H,43,51)/b13-12+,17-15+,20-14-,42-18+/t19-,21-,22-,23-,27+,32+,33-,37-,41+/m1/s1. The van der Waals surface area contributed by atoms with Crippen LogP contribution >= 0.6 is 0 Å². The van der Waals surface area contributed by atoms with Crippen molar-refractivity contribution in [3.63, 3.8) is 0 Å². The number of carbonyl (C=O) groups excluding carboxylic acids is 3. The number of phenols is 3. The van der Waals surface area contributed by atoms with Crippen LogP contribution in [0, 0.1) is 42.9 Å². The normalized spacial score (nSPS) is 30.9. The summed E-state index contributed by atoms with van der Waals surface area (Å²) >= 11 is 0. The zero-order valence-corrected chi connectivity index (χ0v) is 32.8. The fourth-order valence-electron chi connectivity index (χ4n) is 7.04. The number of terminal acetylenes is 1. The monoisotopic (exact) mass is 778 g/mol. The highest BCUT2D eigenvalue weighted by atomic mass is 16.7. The number of hydrogen-bond donors (Lipinski definition) is 6. The van der Waals surface area contributed by atoms with Crippen molar-refractivity contribution in [2.75, 3.05) is 19.0 Å². The van der Waals surface area contributed by atoms with Crippen LogP contribution in [0.25, 0.3) is 10.8 Å². The van der Waals surface area contributed by atoms with Crippen LogP contribution in [-0.2, 0) is 28.6 Å². The number of nitrogens with zero attached hydrogens (tertiary/aromatic N) is 1. The molecule has 15 nitrogen and oxygen atoms in total. The molecule has 15 heteroatoms. The Hall–Kier alpha value is -5.56. The van der Waals surface area contributed by atoms with Gasteiger partial charge in [-0.3, -0.25) is 14.4 Å². The second-order valence-corrected chi connectivity index (χ2v) is 14.3. The van der Waals surface area contributed by atoms with Crippen molar-refractivity contribution in [2.24, 2.45) is 28.8 Å². The number of anilines is 1. The number of fused-ring (bicyclic) bond motifs is 14. The van der Waals surface area contributed by atoms with Gasteiger partial charge < -0.3 is 54.6 Å². The number of ether oxygens (including phenoxy) is 4. The number of hydrogen-bond acceptors (Lipinski definition) is 14. The molecule has 0 unspecified atom stereocenters. The molecule has 0 saturated carbocycles. The van der Waals surface area contributed by atoms with Gasteiger partial charge in [-0.15, -0.1) is 6.42 Å². The van der Waals surface area contributed by atoms with Crippen LogP contribution in [0.1, 0.15) is 70.0 Å². The smallest absolute Gasteiger partial charge is 0.312 e. The number of Topliss-reactive ketones (excluding diaryl/α,β-unsaturated/α-hetero) is 1. The van der Waals surface area contributed by atoms with E-state index in [2.05, 4.69) is 16.4 Å². The van der Waals surface area contributed by atoms with Crippen molar-refractivity contribution in [3.05, 3.63) is 52.8 Å². The molecule has 3 aliphatic heterocycles. The summed E-state index contributed by atoms with van der Waals surface area (Å²) in [5.74, 6) is -6.64. The van der Waals surface area contributed by atoms with Crippen LogP contribution in [0.15, 0.2) is 41.3 Å². The minimum Gasteiger partial charge on any atom is -0.507 e. The number of benzene rings is 2. The number of carbonyl (C=O) groups is 3. The van der Waals surface area contributed by atoms with E-state index in [1.54, 1.807) is 39.8 Å². The Morgan fingerprint density at radius 1 is 1.02 bits per heavy atom. The summed E-state index contributed by atoms with van der Waals surface area (Å²) in [4.78, 5) is 45.1. The Balaban J connectivity index is 1.97. The topological polar surface area (TPSA) is 223 Å². The number of oxime groups is 1. The summed E-state index contributed by atoms with van der Waals surface area (Å²) in [6.45, 7) is 12.0. The van der Waals surface area contributed by atoms with Crippen LogP contribution < -0.4 is 10.1 Å². The first kappa shape index (κ1) is 43.2. The molecule has 5 rings (SSSR count). The minimum atomic E-state index is -2.07. The van der Waals surface area contributed by atoms with Crippen molar-refractivity contribution in [2.45, 2.75) is 85.6 Å². The van der Waals surface area contributed by atoms with Gasteiger partial charge in [-0.25, -0.2) is 0 Å². The molecule has 1 amide bonds. The van der Waals surface area contributed by atoms with Crippen LogP contribution in [0.2, 0.25) is 0 Å². The number of amides is 1. The summed E-state index contributed by atoms with van der Waals surface area (Å²) in [6.07, 6.45) is 9.55. The molecule has 2 aromatic rings. The number of nitrogens with one attached hydrogen (secondary N) is 1. The lowest BCUT2D eigenvalue weighted by Gasteiger charge is -2.38.